The molecule has 2 N–H and O–H groups in total. The van der Waals surface area contributed by atoms with Crippen molar-refractivity contribution in [1.82, 2.24) is 10.2 Å². The van der Waals surface area contributed by atoms with Crippen molar-refractivity contribution in [2.24, 2.45) is 5.92 Å². The molecule has 0 bridgehead atoms. The predicted molar refractivity (Wildman–Crippen MR) is 75.8 cm³/mol. The summed E-state index contributed by atoms with van der Waals surface area (Å²) >= 11 is 0. The third kappa shape index (κ3) is 5.24. The Labute approximate surface area is 124 Å². The number of urea groups is 1. The molecule has 0 aromatic carbocycles. The minimum Gasteiger partial charge on any atom is -0.481 e. The third-order valence-corrected chi connectivity index (χ3v) is 3.60. The lowest BCUT2D eigenvalue weighted by molar-refractivity contribution is -0.144. The van der Waals surface area contributed by atoms with Crippen LogP contribution in [0.15, 0.2) is 0 Å². The highest BCUT2D eigenvalue weighted by Crippen LogP contribution is 2.25. The van der Waals surface area contributed by atoms with Gasteiger partial charge < -0.3 is 20.1 Å². The fraction of sp³-hybridized carbons (Fsp3) is 0.786. The molecule has 1 fully saturated rings. The maximum absolute atomic E-state index is 12.2. The number of amides is 2. The number of nitrogens with zero attached hydrogens (tertiary/aromatic N) is 1. The first kappa shape index (κ1) is 17.3. The van der Waals surface area contributed by atoms with Crippen molar-refractivity contribution in [3.63, 3.8) is 0 Å². The number of esters is 1. The fourth-order valence-electron chi connectivity index (χ4n) is 2.43. The Morgan fingerprint density at radius 2 is 2.00 bits per heavy atom. The molecule has 1 aliphatic rings. The van der Waals surface area contributed by atoms with Crippen LogP contribution < -0.4 is 5.32 Å². The van der Waals surface area contributed by atoms with Crippen LogP contribution in [0.3, 0.4) is 0 Å². The van der Waals surface area contributed by atoms with Crippen LogP contribution in [0, 0.1) is 5.92 Å². The molecule has 0 heterocycles. The van der Waals surface area contributed by atoms with E-state index >= 15 is 0 Å². The third-order valence-electron chi connectivity index (χ3n) is 3.60. The molecule has 1 aliphatic carbocycles. The Hall–Kier alpha value is -1.79. The molecule has 2 unspecified atom stereocenters. The molecule has 7 nitrogen and oxygen atoms in total. The lowest BCUT2D eigenvalue weighted by atomic mass is 10.1. The molecule has 1 rings (SSSR count). The Bertz CT molecular complexity index is 397. The average molecular weight is 300 g/mol. The zero-order valence-corrected chi connectivity index (χ0v) is 12.8. The first-order valence-electron chi connectivity index (χ1n) is 7.30. The average Bonchev–Trinajstić information content (AvgIpc) is 2.84. The number of carboxylic acid groups (broad SMARTS) is 1. The summed E-state index contributed by atoms with van der Waals surface area (Å²) in [6.07, 6.45) is 1.65. The van der Waals surface area contributed by atoms with Crippen molar-refractivity contribution in [2.45, 2.75) is 52.1 Å². The van der Waals surface area contributed by atoms with Crippen molar-refractivity contribution in [3.05, 3.63) is 0 Å². The van der Waals surface area contributed by atoms with Gasteiger partial charge in [-0.15, -0.1) is 0 Å². The molecule has 1 saturated carbocycles. The molecule has 7 heteroatoms. The summed E-state index contributed by atoms with van der Waals surface area (Å²) in [5.74, 6) is -1.66. The van der Waals surface area contributed by atoms with Crippen LogP contribution >= 0.6 is 0 Å². The van der Waals surface area contributed by atoms with Crippen molar-refractivity contribution >= 4 is 18.0 Å². The van der Waals surface area contributed by atoms with Crippen molar-refractivity contribution in [2.75, 3.05) is 13.2 Å². The number of carbonyl (C=O) groups is 3. The van der Waals surface area contributed by atoms with Crippen LogP contribution in [0.25, 0.3) is 0 Å². The van der Waals surface area contributed by atoms with Crippen LogP contribution in [0.4, 0.5) is 4.79 Å². The standard InChI is InChI=1S/C14H24N2O5/c1-4-21-12(17)8-16(9(2)3)14(20)15-11-6-5-10(7-11)13(18)19/h9-11H,4-8H2,1-3H3,(H,15,20)(H,18,19). The van der Waals surface area contributed by atoms with Gasteiger partial charge in [0.25, 0.3) is 0 Å². The van der Waals surface area contributed by atoms with E-state index in [0.29, 0.717) is 19.3 Å². The zero-order chi connectivity index (χ0) is 16.0. The highest BCUT2D eigenvalue weighted by molar-refractivity contribution is 5.81. The van der Waals surface area contributed by atoms with E-state index in [1.807, 2.05) is 13.8 Å². The first-order valence-corrected chi connectivity index (χ1v) is 7.30. The summed E-state index contributed by atoms with van der Waals surface area (Å²) in [7, 11) is 0. The van der Waals surface area contributed by atoms with Gasteiger partial charge >= 0.3 is 18.0 Å². The summed E-state index contributed by atoms with van der Waals surface area (Å²) < 4.78 is 4.85. The number of aliphatic carboxylic acids is 1. The van der Waals surface area contributed by atoms with Crippen LogP contribution in [0.2, 0.25) is 0 Å². The van der Waals surface area contributed by atoms with E-state index in [1.54, 1.807) is 6.92 Å². The highest BCUT2D eigenvalue weighted by atomic mass is 16.5. The summed E-state index contributed by atoms with van der Waals surface area (Å²) in [6.45, 7) is 5.50. The SMILES string of the molecule is CCOC(=O)CN(C(=O)NC1CCC(C(=O)O)C1)C(C)C. The first-order chi connectivity index (χ1) is 9.85. The van der Waals surface area contributed by atoms with Gasteiger partial charge in [0.15, 0.2) is 0 Å². The Morgan fingerprint density at radius 1 is 1.33 bits per heavy atom. The molecule has 2 atom stereocenters. The van der Waals surface area contributed by atoms with Crippen LogP contribution in [-0.2, 0) is 14.3 Å². The van der Waals surface area contributed by atoms with E-state index < -0.39 is 17.9 Å². The van der Waals surface area contributed by atoms with Gasteiger partial charge in [0, 0.05) is 12.1 Å². The summed E-state index contributed by atoms with van der Waals surface area (Å²) in [5.41, 5.74) is 0. The Balaban J connectivity index is 2.54. The van der Waals surface area contributed by atoms with Gasteiger partial charge in [-0.3, -0.25) is 9.59 Å². The lowest BCUT2D eigenvalue weighted by Gasteiger charge is -2.27. The summed E-state index contributed by atoms with van der Waals surface area (Å²) in [5, 5.41) is 11.8. The second kappa shape index (κ2) is 7.85. The second-order valence-corrected chi connectivity index (χ2v) is 5.52. The van der Waals surface area contributed by atoms with Gasteiger partial charge in [-0.05, 0) is 40.0 Å². The molecule has 0 spiro atoms. The molecule has 0 saturated heterocycles. The van der Waals surface area contributed by atoms with Gasteiger partial charge in [0.05, 0.1) is 12.5 Å². The van der Waals surface area contributed by atoms with Gasteiger partial charge in [0.1, 0.15) is 6.54 Å². The second-order valence-electron chi connectivity index (χ2n) is 5.52. The van der Waals surface area contributed by atoms with E-state index in [9.17, 15) is 14.4 Å². The predicted octanol–water partition coefficient (Wildman–Crippen LogP) is 1.22. The number of rotatable bonds is 6. The molecule has 0 aromatic heterocycles. The molecule has 0 aliphatic heterocycles. The van der Waals surface area contributed by atoms with Crippen LogP contribution in [0.5, 0.6) is 0 Å². The minimum absolute atomic E-state index is 0.105. The summed E-state index contributed by atoms with van der Waals surface area (Å²) in [6, 6.07) is -0.651. The van der Waals surface area contributed by atoms with Crippen molar-refractivity contribution in [3.8, 4) is 0 Å². The Morgan fingerprint density at radius 3 is 2.48 bits per heavy atom. The van der Waals surface area contributed by atoms with Crippen molar-refractivity contribution < 1.29 is 24.2 Å². The minimum atomic E-state index is -0.820. The zero-order valence-electron chi connectivity index (χ0n) is 12.8. The summed E-state index contributed by atoms with van der Waals surface area (Å²) in [4.78, 5) is 36.0. The Kier molecular flexibility index (Phi) is 6.45. The number of hydrogen-bond acceptors (Lipinski definition) is 4. The maximum Gasteiger partial charge on any atom is 0.325 e. The normalized spacial score (nSPS) is 21.1. The molecule has 21 heavy (non-hydrogen) atoms. The molecular formula is C14H24N2O5. The van der Waals surface area contributed by atoms with Gasteiger partial charge in [-0.1, -0.05) is 0 Å². The monoisotopic (exact) mass is 300 g/mol. The van der Waals surface area contributed by atoms with Crippen LogP contribution in [0.1, 0.15) is 40.0 Å². The highest BCUT2D eigenvalue weighted by Gasteiger charge is 2.32. The quantitative estimate of drug-likeness (QED) is 0.719. The molecule has 0 radical (unpaired) electrons. The number of ether oxygens (including phenoxy) is 1. The van der Waals surface area contributed by atoms with Gasteiger partial charge in [-0.2, -0.15) is 0 Å². The number of carboxylic acids is 1. The van der Waals surface area contributed by atoms with Gasteiger partial charge in [0.2, 0.25) is 0 Å². The van der Waals surface area contributed by atoms with E-state index in [1.165, 1.54) is 4.90 Å². The number of carbonyl (C=O) groups excluding carboxylic acids is 2. The largest absolute Gasteiger partial charge is 0.481 e. The maximum atomic E-state index is 12.2. The van der Waals surface area contributed by atoms with E-state index in [0.717, 1.165) is 0 Å². The molecule has 0 aromatic rings. The molecular weight excluding hydrogens is 276 g/mol. The van der Waals surface area contributed by atoms with Crippen molar-refractivity contribution in [1.29, 1.82) is 0 Å². The van der Waals surface area contributed by atoms with E-state index in [-0.39, 0.29) is 31.3 Å². The molecule has 2 amide bonds. The smallest absolute Gasteiger partial charge is 0.325 e. The van der Waals surface area contributed by atoms with Crippen LogP contribution in [-0.4, -0.2) is 53.2 Å². The van der Waals surface area contributed by atoms with E-state index in [2.05, 4.69) is 5.32 Å². The van der Waals surface area contributed by atoms with E-state index in [4.69, 9.17) is 9.84 Å². The number of hydrogen-bond donors (Lipinski definition) is 2. The lowest BCUT2D eigenvalue weighted by Crippen LogP contribution is -2.49. The van der Waals surface area contributed by atoms with Gasteiger partial charge in [-0.25, -0.2) is 4.79 Å². The molecule has 120 valence electrons. The number of nitrogens with one attached hydrogen (secondary N) is 1. The fourth-order valence-corrected chi connectivity index (χ4v) is 2.43. The topological polar surface area (TPSA) is 95.9 Å².